The van der Waals surface area contributed by atoms with Gasteiger partial charge in [-0.3, -0.25) is 4.79 Å². The fourth-order valence-electron chi connectivity index (χ4n) is 3.54. The van der Waals surface area contributed by atoms with Gasteiger partial charge in [0.25, 0.3) is 5.91 Å². The fraction of sp³-hybridized carbons (Fsp3) is 0.136. The first-order valence-electron chi connectivity index (χ1n) is 8.58. The lowest BCUT2D eigenvalue weighted by atomic mass is 9.93. The number of nitrogens with zero attached hydrogens (tertiary/aromatic N) is 2. The summed E-state index contributed by atoms with van der Waals surface area (Å²) in [5.74, 6) is -0.186. The first-order chi connectivity index (χ1) is 12.6. The van der Waals surface area contributed by atoms with Gasteiger partial charge in [-0.25, -0.2) is 10.0 Å². The molecule has 0 bridgehead atoms. The Hall–Kier alpha value is -2.62. The third-order valence-corrected chi connectivity index (χ3v) is 4.98. The van der Waals surface area contributed by atoms with Crippen LogP contribution in [0.15, 0.2) is 78.9 Å². The molecule has 0 aliphatic carbocycles. The number of fused-ring (bicyclic) bond motifs is 1. The van der Waals surface area contributed by atoms with Gasteiger partial charge in [-0.1, -0.05) is 72.3 Å². The van der Waals surface area contributed by atoms with Crippen LogP contribution in [0.25, 0.3) is 0 Å². The van der Waals surface area contributed by atoms with Crippen molar-refractivity contribution in [2.24, 2.45) is 0 Å². The summed E-state index contributed by atoms with van der Waals surface area (Å²) in [7, 11) is 1.94. The number of amides is 1. The van der Waals surface area contributed by atoms with E-state index in [4.69, 9.17) is 11.6 Å². The lowest BCUT2D eigenvalue weighted by Crippen LogP contribution is -2.42. The molecular weight excluding hydrogens is 344 g/mol. The number of carbonyl (C=O) groups excluding carboxylic acids is 1. The van der Waals surface area contributed by atoms with Gasteiger partial charge in [0, 0.05) is 18.6 Å². The average Bonchev–Trinajstić information content (AvgIpc) is 2.96. The minimum atomic E-state index is -0.264. The standard InChI is InChI=1S/C22H19ClN2O/c1-24(15-16-11-13-18(23)14-12-16)25-20-10-6-5-9-19(20)21(22(25)26)17-7-3-2-4-8-17/h2-14,21H,15H2,1H3. The Kier molecular flexibility index (Phi) is 4.49. The molecule has 4 rings (SSSR count). The molecule has 1 aliphatic heterocycles. The molecule has 1 aliphatic rings. The van der Waals surface area contributed by atoms with Crippen LogP contribution in [0.4, 0.5) is 5.69 Å². The molecule has 3 aromatic carbocycles. The molecule has 26 heavy (non-hydrogen) atoms. The van der Waals surface area contributed by atoms with Crippen LogP contribution in [-0.4, -0.2) is 18.0 Å². The van der Waals surface area contributed by atoms with E-state index in [1.165, 1.54) is 0 Å². The van der Waals surface area contributed by atoms with E-state index in [1.807, 2.05) is 90.9 Å². The quantitative estimate of drug-likeness (QED) is 0.661. The number of para-hydroxylation sites is 1. The van der Waals surface area contributed by atoms with E-state index in [0.29, 0.717) is 11.6 Å². The monoisotopic (exact) mass is 362 g/mol. The van der Waals surface area contributed by atoms with Crippen molar-refractivity contribution in [3.63, 3.8) is 0 Å². The molecule has 1 atom stereocenters. The number of halogens is 1. The second kappa shape index (κ2) is 6.94. The second-order valence-electron chi connectivity index (χ2n) is 6.49. The largest absolute Gasteiger partial charge is 0.272 e. The highest BCUT2D eigenvalue weighted by molar-refractivity contribution is 6.30. The Morgan fingerprint density at radius 3 is 2.31 bits per heavy atom. The Bertz CT molecular complexity index is 924. The highest BCUT2D eigenvalue weighted by atomic mass is 35.5. The number of hydrogen-bond acceptors (Lipinski definition) is 2. The molecule has 0 spiro atoms. The topological polar surface area (TPSA) is 23.6 Å². The summed E-state index contributed by atoms with van der Waals surface area (Å²) in [6, 6.07) is 25.7. The normalized spacial score (nSPS) is 16.2. The minimum Gasteiger partial charge on any atom is -0.272 e. The zero-order valence-corrected chi connectivity index (χ0v) is 15.2. The van der Waals surface area contributed by atoms with Crippen molar-refractivity contribution in [2.45, 2.75) is 12.5 Å². The van der Waals surface area contributed by atoms with E-state index in [9.17, 15) is 4.79 Å². The van der Waals surface area contributed by atoms with Crippen molar-refractivity contribution in [1.82, 2.24) is 5.01 Å². The molecule has 130 valence electrons. The third-order valence-electron chi connectivity index (χ3n) is 4.73. The highest BCUT2D eigenvalue weighted by Gasteiger charge is 2.39. The van der Waals surface area contributed by atoms with Crippen LogP contribution in [0.2, 0.25) is 5.02 Å². The van der Waals surface area contributed by atoms with E-state index in [0.717, 1.165) is 22.4 Å². The predicted molar refractivity (Wildman–Crippen MR) is 105 cm³/mol. The van der Waals surface area contributed by atoms with E-state index in [2.05, 4.69) is 0 Å². The number of anilines is 1. The van der Waals surface area contributed by atoms with Crippen molar-refractivity contribution < 1.29 is 4.79 Å². The molecule has 0 aromatic heterocycles. The third kappa shape index (κ3) is 3.00. The maximum Gasteiger partial charge on any atom is 0.253 e. The van der Waals surface area contributed by atoms with Gasteiger partial charge in [-0.15, -0.1) is 0 Å². The summed E-state index contributed by atoms with van der Waals surface area (Å²) >= 11 is 5.97. The lowest BCUT2D eigenvalue weighted by Gasteiger charge is -2.29. The Morgan fingerprint density at radius 1 is 0.923 bits per heavy atom. The highest BCUT2D eigenvalue weighted by Crippen LogP contribution is 2.41. The Labute approximate surface area is 158 Å². The van der Waals surface area contributed by atoms with Gasteiger partial charge in [-0.2, -0.15) is 0 Å². The minimum absolute atomic E-state index is 0.0777. The molecule has 0 saturated heterocycles. The van der Waals surface area contributed by atoms with Gasteiger partial charge in [-0.05, 0) is 34.9 Å². The maximum atomic E-state index is 13.3. The number of hydrogen-bond donors (Lipinski definition) is 0. The van der Waals surface area contributed by atoms with E-state index >= 15 is 0 Å². The summed E-state index contributed by atoms with van der Waals surface area (Å²) in [5, 5.41) is 4.47. The van der Waals surface area contributed by atoms with Gasteiger partial charge in [0.2, 0.25) is 0 Å². The number of benzene rings is 3. The van der Waals surface area contributed by atoms with Crippen molar-refractivity contribution >= 4 is 23.2 Å². The number of rotatable bonds is 4. The zero-order chi connectivity index (χ0) is 18.1. The second-order valence-corrected chi connectivity index (χ2v) is 6.93. The van der Waals surface area contributed by atoms with Gasteiger partial charge >= 0.3 is 0 Å². The molecule has 0 saturated carbocycles. The van der Waals surface area contributed by atoms with E-state index < -0.39 is 0 Å². The van der Waals surface area contributed by atoms with Crippen molar-refractivity contribution in [1.29, 1.82) is 0 Å². The van der Waals surface area contributed by atoms with Crippen molar-refractivity contribution in [3.8, 4) is 0 Å². The summed E-state index contributed by atoms with van der Waals surface area (Å²) in [4.78, 5) is 13.3. The first kappa shape index (κ1) is 16.8. The maximum absolute atomic E-state index is 13.3. The van der Waals surface area contributed by atoms with E-state index in [-0.39, 0.29) is 11.8 Å². The van der Waals surface area contributed by atoms with Gasteiger partial charge in [0.05, 0.1) is 11.6 Å². The van der Waals surface area contributed by atoms with Crippen LogP contribution in [0.1, 0.15) is 22.6 Å². The van der Waals surface area contributed by atoms with Crippen LogP contribution in [0.3, 0.4) is 0 Å². The summed E-state index contributed by atoms with van der Waals surface area (Å²) in [5.41, 5.74) is 4.12. The zero-order valence-electron chi connectivity index (χ0n) is 14.5. The van der Waals surface area contributed by atoms with Crippen LogP contribution in [0, 0.1) is 0 Å². The Balaban J connectivity index is 1.68. The SMILES string of the molecule is CN(Cc1ccc(Cl)cc1)N1C(=O)C(c2ccccc2)c2ccccc21. The fourth-order valence-corrected chi connectivity index (χ4v) is 3.67. The molecule has 4 heteroatoms. The molecule has 1 heterocycles. The summed E-state index contributed by atoms with van der Waals surface area (Å²) in [6.45, 7) is 0.624. The van der Waals surface area contributed by atoms with Crippen LogP contribution >= 0.6 is 11.6 Å². The molecule has 1 amide bonds. The van der Waals surface area contributed by atoms with Crippen LogP contribution in [0.5, 0.6) is 0 Å². The summed E-state index contributed by atoms with van der Waals surface area (Å²) in [6.07, 6.45) is 0. The van der Waals surface area contributed by atoms with E-state index in [1.54, 1.807) is 5.01 Å². The number of hydrazine groups is 1. The molecule has 0 radical (unpaired) electrons. The molecule has 3 aromatic rings. The molecule has 0 N–H and O–H groups in total. The van der Waals surface area contributed by atoms with Crippen LogP contribution in [-0.2, 0) is 11.3 Å². The predicted octanol–water partition coefficient (Wildman–Crippen LogP) is 4.87. The average molecular weight is 363 g/mol. The lowest BCUT2D eigenvalue weighted by molar-refractivity contribution is -0.121. The van der Waals surface area contributed by atoms with Crippen LogP contribution < -0.4 is 5.01 Å². The summed E-state index contributed by atoms with van der Waals surface area (Å²) < 4.78 is 0. The van der Waals surface area contributed by atoms with Gasteiger partial charge in [0.1, 0.15) is 0 Å². The van der Waals surface area contributed by atoms with Gasteiger partial charge in [0.15, 0.2) is 0 Å². The molecule has 0 fully saturated rings. The molecule has 1 unspecified atom stereocenters. The van der Waals surface area contributed by atoms with Gasteiger partial charge < -0.3 is 0 Å². The smallest absolute Gasteiger partial charge is 0.253 e. The number of carbonyl (C=O) groups is 1. The van der Waals surface area contributed by atoms with Crippen molar-refractivity contribution in [3.05, 3.63) is 101 Å². The van der Waals surface area contributed by atoms with Crippen molar-refractivity contribution in [2.75, 3.05) is 12.1 Å². The first-order valence-corrected chi connectivity index (χ1v) is 8.96. The molecular formula is C22H19ClN2O. The Morgan fingerprint density at radius 2 is 1.58 bits per heavy atom. The molecule has 3 nitrogen and oxygen atoms in total.